The fourth-order valence-electron chi connectivity index (χ4n) is 2.19. The fraction of sp³-hybridized carbons (Fsp3) is 0.353. The van der Waals surface area contributed by atoms with Crippen LogP contribution < -0.4 is 9.47 Å². The van der Waals surface area contributed by atoms with Crippen molar-refractivity contribution >= 4 is 23.1 Å². The monoisotopic (exact) mass is 349 g/mol. The molecule has 0 aliphatic carbocycles. The maximum absolute atomic E-state index is 11.9. The number of carbonyl (C=O) groups excluding carboxylic acids is 1. The van der Waals surface area contributed by atoms with Crippen LogP contribution in [0.4, 0.5) is 0 Å². The van der Waals surface area contributed by atoms with Crippen LogP contribution >= 0.6 is 11.3 Å². The number of methoxy groups -OCH3 is 2. The van der Waals surface area contributed by atoms with Crippen molar-refractivity contribution in [2.75, 3.05) is 14.2 Å². The molecule has 0 amide bonds. The number of ether oxygens (including phenoxy) is 2. The third-order valence-corrected chi connectivity index (χ3v) is 4.46. The van der Waals surface area contributed by atoms with Gasteiger partial charge < -0.3 is 14.6 Å². The average molecular weight is 349 g/mol. The van der Waals surface area contributed by atoms with Crippen molar-refractivity contribution in [3.63, 3.8) is 0 Å². The molecule has 0 unspecified atom stereocenters. The third kappa shape index (κ3) is 4.32. The minimum atomic E-state index is -0.965. The first kappa shape index (κ1) is 17.9. The summed E-state index contributed by atoms with van der Waals surface area (Å²) in [7, 11) is 3.14. The Morgan fingerprint density at radius 3 is 2.58 bits per heavy atom. The summed E-state index contributed by atoms with van der Waals surface area (Å²) in [5, 5.41) is 11.4. The normalized spacial score (nSPS) is 11.8. The van der Waals surface area contributed by atoms with E-state index >= 15 is 0 Å². The van der Waals surface area contributed by atoms with E-state index in [9.17, 15) is 9.59 Å². The molecule has 0 bridgehead atoms. The van der Waals surface area contributed by atoms with Crippen molar-refractivity contribution < 1.29 is 24.2 Å². The van der Waals surface area contributed by atoms with Gasteiger partial charge in [-0.15, -0.1) is 11.3 Å². The molecule has 1 aromatic carbocycles. The first-order valence-corrected chi connectivity index (χ1v) is 8.23. The summed E-state index contributed by atoms with van der Waals surface area (Å²) < 4.78 is 10.5. The maximum Gasteiger partial charge on any atom is 0.306 e. The molecule has 0 radical (unpaired) electrons. The summed E-state index contributed by atoms with van der Waals surface area (Å²) in [5.41, 5.74) is 1.52. The topological polar surface area (TPSA) is 85.7 Å². The Bertz CT molecular complexity index is 740. The van der Waals surface area contributed by atoms with Gasteiger partial charge in [-0.3, -0.25) is 9.59 Å². The zero-order valence-electron chi connectivity index (χ0n) is 13.7. The molecule has 0 spiro atoms. The lowest BCUT2D eigenvalue weighted by molar-refractivity contribution is -0.143. The number of benzene rings is 1. The molecule has 1 N–H and O–H groups in total. The zero-order valence-corrected chi connectivity index (χ0v) is 14.6. The van der Waals surface area contributed by atoms with Crippen LogP contribution in [0, 0.1) is 5.92 Å². The van der Waals surface area contributed by atoms with E-state index in [1.807, 2.05) is 17.5 Å². The second kappa shape index (κ2) is 7.92. The Hall–Kier alpha value is -2.41. The predicted molar refractivity (Wildman–Crippen MR) is 90.8 cm³/mol. The Balaban J connectivity index is 2.10. The van der Waals surface area contributed by atoms with Gasteiger partial charge in [0.15, 0.2) is 11.5 Å². The highest BCUT2D eigenvalue weighted by Gasteiger charge is 2.17. The third-order valence-electron chi connectivity index (χ3n) is 3.52. The van der Waals surface area contributed by atoms with E-state index in [0.717, 1.165) is 10.6 Å². The van der Waals surface area contributed by atoms with Crippen LogP contribution in [0.15, 0.2) is 23.6 Å². The molecule has 24 heavy (non-hydrogen) atoms. The number of hydrogen-bond acceptors (Lipinski definition) is 6. The summed E-state index contributed by atoms with van der Waals surface area (Å²) in [6.45, 7) is 1.52. The van der Waals surface area contributed by atoms with E-state index in [1.54, 1.807) is 20.3 Å². The highest BCUT2D eigenvalue weighted by molar-refractivity contribution is 7.13. The number of Topliss-reactive ketones (excluding diaryl/α,β-unsaturated/α-hetero) is 1. The average Bonchev–Trinajstić information content (AvgIpc) is 3.02. The Kier molecular flexibility index (Phi) is 5.92. The molecule has 7 heteroatoms. The predicted octanol–water partition coefficient (Wildman–Crippen LogP) is 3.05. The number of hydrogen-bond donors (Lipinski definition) is 1. The molecule has 1 heterocycles. The number of rotatable bonds is 8. The van der Waals surface area contributed by atoms with Gasteiger partial charge in [0.05, 0.1) is 25.8 Å². The number of thiazole rings is 1. The van der Waals surface area contributed by atoms with E-state index < -0.39 is 11.9 Å². The van der Waals surface area contributed by atoms with Crippen molar-refractivity contribution in [3.05, 3.63) is 29.3 Å². The highest BCUT2D eigenvalue weighted by atomic mass is 32.1. The number of ketones is 1. The van der Waals surface area contributed by atoms with Crippen LogP contribution in [0.5, 0.6) is 11.5 Å². The number of aromatic nitrogens is 1. The van der Waals surface area contributed by atoms with Gasteiger partial charge in [-0.05, 0) is 18.2 Å². The van der Waals surface area contributed by atoms with E-state index in [2.05, 4.69) is 4.98 Å². The lowest BCUT2D eigenvalue weighted by atomic mass is 10.0. The highest BCUT2D eigenvalue weighted by Crippen LogP contribution is 2.33. The smallest absolute Gasteiger partial charge is 0.306 e. The van der Waals surface area contributed by atoms with Gasteiger partial charge in [-0.1, -0.05) is 6.92 Å². The van der Waals surface area contributed by atoms with Crippen molar-refractivity contribution in [3.8, 4) is 22.1 Å². The van der Waals surface area contributed by atoms with E-state index in [0.29, 0.717) is 17.2 Å². The van der Waals surface area contributed by atoms with Gasteiger partial charge in [0.25, 0.3) is 0 Å². The molecular formula is C17H19NO5S. The molecular weight excluding hydrogens is 330 g/mol. The fourth-order valence-corrected chi connectivity index (χ4v) is 3.01. The molecule has 1 aromatic heterocycles. The van der Waals surface area contributed by atoms with Gasteiger partial charge >= 0.3 is 5.97 Å². The minimum absolute atomic E-state index is 0.0125. The number of carbonyl (C=O) groups is 2. The van der Waals surface area contributed by atoms with Crippen molar-refractivity contribution in [2.24, 2.45) is 5.92 Å². The number of carboxylic acid groups (broad SMARTS) is 1. The van der Waals surface area contributed by atoms with E-state index in [-0.39, 0.29) is 18.6 Å². The standard InChI is InChI=1S/C17H19NO5S/c1-10(17(20)21)6-13(19)8-12-9-24-16(18-12)11-4-5-14(22-2)15(7-11)23-3/h4-5,7,9-10H,6,8H2,1-3H3,(H,20,21)/t10-/m1/s1. The number of aliphatic carboxylic acids is 1. The van der Waals surface area contributed by atoms with Crippen LogP contribution in [0.1, 0.15) is 19.0 Å². The van der Waals surface area contributed by atoms with Crippen LogP contribution in [0.2, 0.25) is 0 Å². The Labute approximate surface area is 144 Å². The van der Waals surface area contributed by atoms with Gasteiger partial charge in [0.2, 0.25) is 0 Å². The molecule has 0 fully saturated rings. The summed E-state index contributed by atoms with van der Waals surface area (Å²) in [6, 6.07) is 5.50. The Morgan fingerprint density at radius 1 is 1.25 bits per heavy atom. The van der Waals surface area contributed by atoms with Crippen LogP contribution in [-0.2, 0) is 16.0 Å². The van der Waals surface area contributed by atoms with Gasteiger partial charge in [-0.2, -0.15) is 0 Å². The van der Waals surface area contributed by atoms with Gasteiger partial charge in [0, 0.05) is 23.8 Å². The first-order valence-electron chi connectivity index (χ1n) is 7.36. The van der Waals surface area contributed by atoms with Crippen molar-refractivity contribution in [1.29, 1.82) is 0 Å². The first-order chi connectivity index (χ1) is 11.4. The lowest BCUT2D eigenvalue weighted by Crippen LogP contribution is -2.16. The summed E-state index contributed by atoms with van der Waals surface area (Å²) >= 11 is 1.43. The molecule has 0 saturated carbocycles. The van der Waals surface area contributed by atoms with Gasteiger partial charge in [-0.25, -0.2) is 4.98 Å². The molecule has 0 aliphatic rings. The molecule has 6 nitrogen and oxygen atoms in total. The SMILES string of the molecule is COc1ccc(-c2nc(CC(=O)C[C@@H](C)C(=O)O)cs2)cc1OC. The van der Waals surface area contributed by atoms with Gasteiger partial charge in [0.1, 0.15) is 10.8 Å². The van der Waals surface area contributed by atoms with Crippen LogP contribution in [0.25, 0.3) is 10.6 Å². The molecule has 0 saturated heterocycles. The van der Waals surface area contributed by atoms with E-state index in [4.69, 9.17) is 14.6 Å². The minimum Gasteiger partial charge on any atom is -0.493 e. The summed E-state index contributed by atoms with van der Waals surface area (Å²) in [5.74, 6) is -0.530. The molecule has 0 aliphatic heterocycles. The molecule has 1 atom stereocenters. The molecule has 2 rings (SSSR count). The lowest BCUT2D eigenvalue weighted by Gasteiger charge is -2.08. The van der Waals surface area contributed by atoms with Crippen LogP contribution in [-0.4, -0.2) is 36.1 Å². The Morgan fingerprint density at radius 2 is 1.96 bits per heavy atom. The molecule has 128 valence electrons. The maximum atomic E-state index is 11.9. The van der Waals surface area contributed by atoms with Crippen molar-refractivity contribution in [1.82, 2.24) is 4.98 Å². The summed E-state index contributed by atoms with van der Waals surface area (Å²) in [4.78, 5) is 27.2. The van der Waals surface area contributed by atoms with Crippen molar-refractivity contribution in [2.45, 2.75) is 19.8 Å². The number of carboxylic acids is 1. The second-order valence-electron chi connectivity index (χ2n) is 5.37. The van der Waals surface area contributed by atoms with E-state index in [1.165, 1.54) is 18.3 Å². The largest absolute Gasteiger partial charge is 0.493 e. The summed E-state index contributed by atoms with van der Waals surface area (Å²) in [6.07, 6.45) is 0.153. The quantitative estimate of drug-likeness (QED) is 0.788. The zero-order chi connectivity index (χ0) is 17.7. The molecule has 2 aromatic rings. The second-order valence-corrected chi connectivity index (χ2v) is 6.23. The van der Waals surface area contributed by atoms with Crippen LogP contribution in [0.3, 0.4) is 0 Å². The number of nitrogens with zero attached hydrogens (tertiary/aromatic N) is 1.